The van der Waals surface area contributed by atoms with E-state index in [4.69, 9.17) is 26.6 Å². The van der Waals surface area contributed by atoms with Crippen LogP contribution in [-0.4, -0.2) is 24.2 Å². The topological polar surface area (TPSA) is 61.5 Å². The second kappa shape index (κ2) is 4.51. The molecule has 6 heteroatoms. The van der Waals surface area contributed by atoms with Gasteiger partial charge in [-0.25, -0.2) is 0 Å². The van der Waals surface area contributed by atoms with E-state index >= 15 is 0 Å². The molecule has 0 radical (unpaired) electrons. The predicted octanol–water partition coefficient (Wildman–Crippen LogP) is 1.74. The van der Waals surface area contributed by atoms with Crippen molar-refractivity contribution in [2.75, 3.05) is 0 Å². The Labute approximate surface area is 118 Å². The zero-order valence-corrected chi connectivity index (χ0v) is 12.2. The Kier molecular flexibility index (Phi) is 3.41. The molecule has 1 aromatic rings. The number of carbonyl (C=O) groups excluding carboxylic acids is 1. The van der Waals surface area contributed by atoms with Crippen molar-refractivity contribution in [3.05, 3.63) is 28.8 Å². The summed E-state index contributed by atoms with van der Waals surface area (Å²) < 4.78 is 11.8. The molecule has 0 saturated carbocycles. The molecule has 0 unspecified atom stereocenters. The summed E-state index contributed by atoms with van der Waals surface area (Å²) in [6.45, 7) is 7.86. The summed E-state index contributed by atoms with van der Waals surface area (Å²) >= 11 is 6.00. The minimum absolute atomic E-state index is 0.345. The van der Waals surface area contributed by atoms with E-state index in [2.05, 4.69) is 0 Å². The van der Waals surface area contributed by atoms with E-state index in [1.807, 2.05) is 27.7 Å². The van der Waals surface area contributed by atoms with Crippen LogP contribution in [0.1, 0.15) is 38.1 Å². The molecule has 0 atom stereocenters. The van der Waals surface area contributed by atoms with E-state index in [1.54, 1.807) is 12.1 Å². The van der Waals surface area contributed by atoms with Crippen LogP contribution in [0.15, 0.2) is 18.2 Å². The van der Waals surface area contributed by atoms with Gasteiger partial charge >= 0.3 is 7.12 Å². The van der Waals surface area contributed by atoms with Gasteiger partial charge in [0.05, 0.1) is 11.2 Å². The number of hydrogen-bond acceptors (Lipinski definition) is 3. The Hall–Kier alpha value is -1.04. The van der Waals surface area contributed by atoms with Crippen molar-refractivity contribution in [3.63, 3.8) is 0 Å². The van der Waals surface area contributed by atoms with Crippen LogP contribution >= 0.6 is 11.6 Å². The minimum atomic E-state index is -0.554. The van der Waals surface area contributed by atoms with E-state index in [9.17, 15) is 4.79 Å². The van der Waals surface area contributed by atoms with E-state index < -0.39 is 24.2 Å². The third-order valence-corrected chi connectivity index (χ3v) is 3.95. The fraction of sp³-hybridized carbons (Fsp3) is 0.462. The Morgan fingerprint density at radius 2 is 1.68 bits per heavy atom. The third-order valence-electron chi connectivity index (χ3n) is 3.73. The molecule has 1 aliphatic rings. The lowest BCUT2D eigenvalue weighted by Crippen LogP contribution is -2.41. The van der Waals surface area contributed by atoms with Crippen molar-refractivity contribution in [3.8, 4) is 0 Å². The predicted molar refractivity (Wildman–Crippen MR) is 75.7 cm³/mol. The molecular weight excluding hydrogens is 264 g/mol. The highest BCUT2D eigenvalue weighted by atomic mass is 35.5. The molecule has 1 heterocycles. The largest absolute Gasteiger partial charge is 0.494 e. The standard InChI is InChI=1S/C13H17BClNO3/c1-12(2)13(3,4)19-14(18-12)9-5-8(11(16)17)6-10(15)7-9/h5-7H,1-4H3,(H2,16,17). The number of benzene rings is 1. The summed E-state index contributed by atoms with van der Waals surface area (Å²) in [5, 5.41) is 0.431. The number of halogens is 1. The molecule has 1 fully saturated rings. The number of primary amides is 1. The van der Waals surface area contributed by atoms with Gasteiger partial charge < -0.3 is 15.0 Å². The first kappa shape index (κ1) is 14.4. The van der Waals surface area contributed by atoms with Crippen molar-refractivity contribution < 1.29 is 14.1 Å². The van der Waals surface area contributed by atoms with Gasteiger partial charge in [0.15, 0.2) is 0 Å². The molecule has 0 aromatic heterocycles. The van der Waals surface area contributed by atoms with Gasteiger partial charge in [0.1, 0.15) is 0 Å². The zero-order chi connectivity index (χ0) is 14.4. The molecule has 2 N–H and O–H groups in total. The number of rotatable bonds is 2. The average Bonchev–Trinajstić information content (AvgIpc) is 2.47. The molecule has 0 spiro atoms. The van der Waals surface area contributed by atoms with Gasteiger partial charge in [-0.15, -0.1) is 0 Å². The van der Waals surface area contributed by atoms with Gasteiger partial charge in [0, 0.05) is 10.6 Å². The second-order valence-electron chi connectivity index (χ2n) is 5.73. The highest BCUT2D eigenvalue weighted by Crippen LogP contribution is 2.36. The average molecular weight is 282 g/mol. The maximum atomic E-state index is 11.3. The van der Waals surface area contributed by atoms with E-state index in [-0.39, 0.29) is 0 Å². The van der Waals surface area contributed by atoms with Crippen molar-refractivity contribution >= 4 is 30.1 Å². The van der Waals surface area contributed by atoms with Crippen molar-refractivity contribution in [1.29, 1.82) is 0 Å². The summed E-state index contributed by atoms with van der Waals surface area (Å²) in [4.78, 5) is 11.3. The number of amides is 1. The maximum Gasteiger partial charge on any atom is 0.494 e. The molecule has 102 valence electrons. The number of hydrogen-bond donors (Lipinski definition) is 1. The highest BCUT2D eigenvalue weighted by Gasteiger charge is 2.51. The van der Waals surface area contributed by atoms with Crippen LogP contribution in [0.2, 0.25) is 5.02 Å². The van der Waals surface area contributed by atoms with Crippen molar-refractivity contribution in [2.24, 2.45) is 5.73 Å². The van der Waals surface area contributed by atoms with Gasteiger partial charge in [0.25, 0.3) is 0 Å². The number of nitrogens with two attached hydrogens (primary N) is 1. The smallest absolute Gasteiger partial charge is 0.399 e. The quantitative estimate of drug-likeness (QED) is 0.840. The van der Waals surface area contributed by atoms with Crippen LogP contribution < -0.4 is 11.2 Å². The fourth-order valence-corrected chi connectivity index (χ4v) is 2.11. The summed E-state index contributed by atoms with van der Waals surface area (Å²) in [6, 6.07) is 4.89. The molecule has 1 aliphatic heterocycles. The lowest BCUT2D eigenvalue weighted by Gasteiger charge is -2.32. The van der Waals surface area contributed by atoms with Crippen LogP contribution in [0, 0.1) is 0 Å². The van der Waals surface area contributed by atoms with E-state index in [0.29, 0.717) is 16.0 Å². The van der Waals surface area contributed by atoms with Crippen molar-refractivity contribution in [1.82, 2.24) is 0 Å². The molecule has 1 saturated heterocycles. The molecule has 1 amide bonds. The lowest BCUT2D eigenvalue weighted by molar-refractivity contribution is 0.00578. The molecule has 4 nitrogen and oxygen atoms in total. The van der Waals surface area contributed by atoms with Gasteiger partial charge in [-0.05, 0) is 51.4 Å². The minimum Gasteiger partial charge on any atom is -0.399 e. The Morgan fingerprint density at radius 1 is 1.16 bits per heavy atom. The molecule has 0 bridgehead atoms. The molecular formula is C13H17BClNO3. The summed E-state index contributed by atoms with van der Waals surface area (Å²) in [5.41, 5.74) is 5.44. The van der Waals surface area contributed by atoms with Gasteiger partial charge in [-0.1, -0.05) is 11.6 Å². The first-order chi connectivity index (χ1) is 8.62. The summed E-state index contributed by atoms with van der Waals surface area (Å²) in [5.74, 6) is -0.528. The Balaban J connectivity index is 2.37. The van der Waals surface area contributed by atoms with Crippen LogP contribution in [0.3, 0.4) is 0 Å². The zero-order valence-electron chi connectivity index (χ0n) is 11.5. The van der Waals surface area contributed by atoms with Gasteiger partial charge in [-0.3, -0.25) is 4.79 Å². The Morgan fingerprint density at radius 3 is 2.16 bits per heavy atom. The van der Waals surface area contributed by atoms with Crippen molar-refractivity contribution in [2.45, 2.75) is 38.9 Å². The van der Waals surface area contributed by atoms with Crippen LogP contribution in [0.25, 0.3) is 0 Å². The first-order valence-corrected chi connectivity index (χ1v) is 6.46. The highest BCUT2D eigenvalue weighted by molar-refractivity contribution is 6.62. The van der Waals surface area contributed by atoms with E-state index in [0.717, 1.165) is 0 Å². The first-order valence-electron chi connectivity index (χ1n) is 6.08. The van der Waals surface area contributed by atoms with Crippen LogP contribution in [0.4, 0.5) is 0 Å². The van der Waals surface area contributed by atoms with Gasteiger partial charge in [0.2, 0.25) is 5.91 Å². The fourth-order valence-electron chi connectivity index (χ4n) is 1.87. The molecule has 2 rings (SSSR count). The molecule has 19 heavy (non-hydrogen) atoms. The maximum absolute atomic E-state index is 11.3. The Bertz CT molecular complexity index is 515. The SMILES string of the molecule is CC1(C)OB(c2cc(Cl)cc(C(N)=O)c2)OC1(C)C. The third kappa shape index (κ3) is 2.64. The lowest BCUT2D eigenvalue weighted by atomic mass is 9.78. The number of carbonyl (C=O) groups is 1. The normalized spacial score (nSPS) is 20.6. The second-order valence-corrected chi connectivity index (χ2v) is 6.16. The summed E-state index contributed by atoms with van der Waals surface area (Å²) in [6.07, 6.45) is 0. The van der Waals surface area contributed by atoms with Gasteiger partial charge in [-0.2, -0.15) is 0 Å². The van der Waals surface area contributed by atoms with Crippen LogP contribution in [-0.2, 0) is 9.31 Å². The monoisotopic (exact) mass is 281 g/mol. The van der Waals surface area contributed by atoms with Crippen LogP contribution in [0.5, 0.6) is 0 Å². The summed E-state index contributed by atoms with van der Waals surface area (Å²) in [7, 11) is -0.554. The van der Waals surface area contributed by atoms with E-state index in [1.165, 1.54) is 6.07 Å². The molecule has 0 aliphatic carbocycles. The molecule has 1 aromatic carbocycles.